The predicted octanol–water partition coefficient (Wildman–Crippen LogP) is 3.15. The molecule has 21 heavy (non-hydrogen) atoms. The summed E-state index contributed by atoms with van der Waals surface area (Å²) in [4.78, 5) is 14.4. The van der Waals surface area contributed by atoms with Gasteiger partial charge in [0.25, 0.3) is 0 Å². The molecule has 1 atom stereocenters. The van der Waals surface area contributed by atoms with Crippen LogP contribution < -0.4 is 5.32 Å². The molecule has 0 bridgehead atoms. The average molecular weight is 285 g/mol. The molecule has 1 N–H and O–H groups in total. The second-order valence-electron chi connectivity index (χ2n) is 5.69. The minimum absolute atomic E-state index is 0.0117. The Bertz CT molecular complexity index is 521. The number of nitrogens with one attached hydrogen (secondary N) is 1. The first-order valence-electron chi connectivity index (χ1n) is 7.73. The summed E-state index contributed by atoms with van der Waals surface area (Å²) in [7, 11) is 0. The van der Waals surface area contributed by atoms with Crippen molar-refractivity contribution in [2.45, 2.75) is 45.1 Å². The number of carbonyl (C=O) groups is 1. The first-order valence-corrected chi connectivity index (χ1v) is 7.73. The Balaban J connectivity index is 1.76. The van der Waals surface area contributed by atoms with Crippen LogP contribution in [0.25, 0.3) is 0 Å². The van der Waals surface area contributed by atoms with Crippen LogP contribution in [0.15, 0.2) is 24.3 Å². The van der Waals surface area contributed by atoms with Gasteiger partial charge in [-0.1, -0.05) is 18.6 Å². The Morgan fingerprint density at radius 3 is 3.00 bits per heavy atom. The monoisotopic (exact) mass is 285 g/mol. The van der Waals surface area contributed by atoms with E-state index in [9.17, 15) is 4.79 Å². The minimum atomic E-state index is -0.0117. The van der Waals surface area contributed by atoms with Crippen molar-refractivity contribution in [1.29, 1.82) is 5.26 Å². The second-order valence-corrected chi connectivity index (χ2v) is 5.69. The molecule has 1 fully saturated rings. The highest BCUT2D eigenvalue weighted by Crippen LogP contribution is 2.17. The van der Waals surface area contributed by atoms with E-state index in [0.29, 0.717) is 23.7 Å². The molecule has 1 aliphatic heterocycles. The molecule has 1 aliphatic rings. The van der Waals surface area contributed by atoms with Crippen LogP contribution in [0.5, 0.6) is 0 Å². The zero-order valence-electron chi connectivity index (χ0n) is 12.6. The Morgan fingerprint density at radius 2 is 2.24 bits per heavy atom. The minimum Gasteiger partial charge on any atom is -0.325 e. The topological polar surface area (TPSA) is 56.1 Å². The maximum Gasteiger partial charge on any atom is 0.224 e. The van der Waals surface area contributed by atoms with Gasteiger partial charge >= 0.3 is 0 Å². The summed E-state index contributed by atoms with van der Waals surface area (Å²) in [5, 5.41) is 11.8. The van der Waals surface area contributed by atoms with Crippen molar-refractivity contribution in [3.8, 4) is 6.07 Å². The molecular weight excluding hydrogens is 262 g/mol. The highest BCUT2D eigenvalue weighted by molar-refractivity contribution is 5.92. The van der Waals surface area contributed by atoms with E-state index >= 15 is 0 Å². The molecule has 4 nitrogen and oxygen atoms in total. The molecule has 0 spiro atoms. The molecule has 0 aromatic heterocycles. The fourth-order valence-corrected chi connectivity index (χ4v) is 2.83. The van der Waals surface area contributed by atoms with Crippen LogP contribution >= 0.6 is 0 Å². The van der Waals surface area contributed by atoms with Crippen LogP contribution in [0.4, 0.5) is 5.69 Å². The first kappa shape index (κ1) is 15.5. The molecule has 1 saturated heterocycles. The number of hydrogen-bond donors (Lipinski definition) is 1. The van der Waals surface area contributed by atoms with Gasteiger partial charge in [-0.15, -0.1) is 0 Å². The van der Waals surface area contributed by atoms with Gasteiger partial charge in [0, 0.05) is 12.5 Å². The van der Waals surface area contributed by atoms with E-state index in [1.165, 1.54) is 19.3 Å². The third-order valence-electron chi connectivity index (χ3n) is 4.11. The smallest absolute Gasteiger partial charge is 0.224 e. The Morgan fingerprint density at radius 1 is 1.43 bits per heavy atom. The molecule has 1 aromatic carbocycles. The fraction of sp³-hybridized carbons (Fsp3) is 0.529. The van der Waals surface area contributed by atoms with Crippen LogP contribution in [-0.4, -0.2) is 29.9 Å². The Hall–Kier alpha value is -1.86. The number of likely N-dealkylation sites (tertiary alicyclic amines) is 1. The first-order chi connectivity index (χ1) is 10.2. The number of piperidine rings is 1. The van der Waals surface area contributed by atoms with E-state index in [-0.39, 0.29) is 5.91 Å². The normalized spacial score (nSPS) is 19.0. The van der Waals surface area contributed by atoms with Gasteiger partial charge in [-0.3, -0.25) is 4.79 Å². The molecule has 0 radical (unpaired) electrons. The van der Waals surface area contributed by atoms with Crippen LogP contribution in [-0.2, 0) is 4.79 Å². The van der Waals surface area contributed by atoms with Gasteiger partial charge in [0.05, 0.1) is 11.3 Å². The molecule has 0 saturated carbocycles. The van der Waals surface area contributed by atoms with E-state index in [1.54, 1.807) is 18.2 Å². The van der Waals surface area contributed by atoms with Gasteiger partial charge in [-0.2, -0.15) is 5.26 Å². The molecular formula is C17H23N3O. The number of rotatable bonds is 5. The molecule has 0 aliphatic carbocycles. The summed E-state index contributed by atoms with van der Waals surface area (Å²) >= 11 is 0. The lowest BCUT2D eigenvalue weighted by Gasteiger charge is -2.33. The van der Waals surface area contributed by atoms with Gasteiger partial charge in [0.15, 0.2) is 0 Å². The molecule has 2 rings (SSSR count). The third kappa shape index (κ3) is 4.57. The average Bonchev–Trinajstić information content (AvgIpc) is 2.50. The van der Waals surface area contributed by atoms with E-state index < -0.39 is 0 Å². The summed E-state index contributed by atoms with van der Waals surface area (Å²) in [6, 6.07) is 9.83. The highest BCUT2D eigenvalue weighted by atomic mass is 16.1. The van der Waals surface area contributed by atoms with Crippen LogP contribution in [0, 0.1) is 11.3 Å². The summed E-state index contributed by atoms with van der Waals surface area (Å²) < 4.78 is 0. The second kappa shape index (κ2) is 7.80. The standard InChI is InChI=1S/C17H23N3O/c1-14-7-4-5-11-20(14)12-6-10-17(21)19-16-9-3-2-8-15(16)13-18/h2-3,8-9,14H,4-7,10-12H2,1H3,(H,19,21). The van der Waals surface area contributed by atoms with Crippen molar-refractivity contribution in [2.24, 2.45) is 0 Å². The van der Waals surface area contributed by atoms with E-state index in [1.807, 2.05) is 6.07 Å². The van der Waals surface area contributed by atoms with Gasteiger partial charge in [0.1, 0.15) is 6.07 Å². The van der Waals surface area contributed by atoms with Crippen LogP contribution in [0.2, 0.25) is 0 Å². The van der Waals surface area contributed by atoms with Gasteiger partial charge in [0.2, 0.25) is 5.91 Å². The number of nitrogens with zero attached hydrogens (tertiary/aromatic N) is 2. The van der Waals surface area contributed by atoms with Gasteiger partial charge < -0.3 is 10.2 Å². The van der Waals surface area contributed by atoms with Crippen molar-refractivity contribution >= 4 is 11.6 Å². The quantitative estimate of drug-likeness (QED) is 0.904. The van der Waals surface area contributed by atoms with Crippen molar-refractivity contribution in [1.82, 2.24) is 4.90 Å². The van der Waals surface area contributed by atoms with Crippen LogP contribution in [0.3, 0.4) is 0 Å². The zero-order chi connectivity index (χ0) is 15.1. The fourth-order valence-electron chi connectivity index (χ4n) is 2.83. The van der Waals surface area contributed by atoms with Crippen molar-refractivity contribution < 1.29 is 4.79 Å². The summed E-state index contributed by atoms with van der Waals surface area (Å²) in [6.45, 7) is 4.40. The number of carbonyl (C=O) groups excluding carboxylic acids is 1. The molecule has 1 amide bonds. The number of para-hydroxylation sites is 1. The van der Waals surface area contributed by atoms with Crippen molar-refractivity contribution in [2.75, 3.05) is 18.4 Å². The molecule has 1 unspecified atom stereocenters. The number of amides is 1. The Kier molecular flexibility index (Phi) is 5.77. The lowest BCUT2D eigenvalue weighted by molar-refractivity contribution is -0.116. The van der Waals surface area contributed by atoms with Crippen LogP contribution in [0.1, 0.15) is 44.6 Å². The highest BCUT2D eigenvalue weighted by Gasteiger charge is 2.17. The number of anilines is 1. The van der Waals surface area contributed by atoms with Gasteiger partial charge in [-0.05, 0) is 51.4 Å². The molecule has 4 heteroatoms. The van der Waals surface area contributed by atoms with E-state index in [2.05, 4.69) is 23.2 Å². The summed E-state index contributed by atoms with van der Waals surface area (Å²) in [5.41, 5.74) is 1.12. The molecule has 1 aromatic rings. The maximum atomic E-state index is 12.0. The maximum absolute atomic E-state index is 12.0. The SMILES string of the molecule is CC1CCCCN1CCCC(=O)Nc1ccccc1C#N. The predicted molar refractivity (Wildman–Crippen MR) is 83.9 cm³/mol. The Labute approximate surface area is 126 Å². The largest absolute Gasteiger partial charge is 0.325 e. The van der Waals surface area contributed by atoms with E-state index in [4.69, 9.17) is 5.26 Å². The third-order valence-corrected chi connectivity index (χ3v) is 4.11. The molecule has 1 heterocycles. The lowest BCUT2D eigenvalue weighted by Crippen LogP contribution is -2.38. The number of nitriles is 1. The van der Waals surface area contributed by atoms with Crippen molar-refractivity contribution in [3.63, 3.8) is 0 Å². The lowest BCUT2D eigenvalue weighted by atomic mass is 10.0. The molecule has 112 valence electrons. The zero-order valence-corrected chi connectivity index (χ0v) is 12.6. The summed E-state index contributed by atoms with van der Waals surface area (Å²) in [6.07, 6.45) is 5.23. The number of hydrogen-bond acceptors (Lipinski definition) is 3. The van der Waals surface area contributed by atoms with E-state index in [0.717, 1.165) is 19.5 Å². The number of benzene rings is 1. The summed E-state index contributed by atoms with van der Waals surface area (Å²) in [5.74, 6) is -0.0117. The van der Waals surface area contributed by atoms with Crippen molar-refractivity contribution in [3.05, 3.63) is 29.8 Å². The van der Waals surface area contributed by atoms with Gasteiger partial charge in [-0.25, -0.2) is 0 Å².